The SMILES string of the molecule is O=C(N[C@@H](CS(=O)(=O)O)C(=O)O)c1ncccc1C(F)(F)F. The standard InChI is InChI=1S/C10H9F3N2O6S/c11-10(12,13)5-2-1-3-14-7(5)8(16)15-6(9(17)18)4-22(19,20)21/h1-3,6H,4H2,(H,15,16)(H,17,18)(H,19,20,21)/t6-/m0/s1. The lowest BCUT2D eigenvalue weighted by molar-refractivity contribution is -0.138. The average molecular weight is 342 g/mol. The van der Waals surface area contributed by atoms with Crippen LogP contribution in [0.4, 0.5) is 13.2 Å². The zero-order valence-electron chi connectivity index (χ0n) is 10.5. The summed E-state index contributed by atoms with van der Waals surface area (Å²) in [7, 11) is -4.77. The van der Waals surface area contributed by atoms with E-state index in [1.165, 1.54) is 0 Å². The number of amides is 1. The molecule has 3 N–H and O–H groups in total. The van der Waals surface area contributed by atoms with Gasteiger partial charge in [-0.3, -0.25) is 14.3 Å². The lowest BCUT2D eigenvalue weighted by Crippen LogP contribution is -2.46. The molecule has 0 saturated heterocycles. The third-order valence-corrected chi connectivity index (χ3v) is 3.06. The fraction of sp³-hybridized carbons (Fsp3) is 0.300. The highest BCUT2D eigenvalue weighted by Crippen LogP contribution is 2.30. The summed E-state index contributed by atoms with van der Waals surface area (Å²) in [6.45, 7) is 0. The van der Waals surface area contributed by atoms with Gasteiger partial charge in [-0.1, -0.05) is 0 Å². The molecule has 1 aromatic rings. The second-order valence-electron chi connectivity index (χ2n) is 4.01. The molecule has 0 aliphatic rings. The summed E-state index contributed by atoms with van der Waals surface area (Å²) in [4.78, 5) is 25.7. The van der Waals surface area contributed by atoms with Gasteiger partial charge in [0.1, 0.15) is 17.5 Å². The zero-order chi connectivity index (χ0) is 17.1. The van der Waals surface area contributed by atoms with E-state index in [1.807, 2.05) is 0 Å². The summed E-state index contributed by atoms with van der Waals surface area (Å²) < 4.78 is 67.9. The van der Waals surface area contributed by atoms with Gasteiger partial charge < -0.3 is 10.4 Å². The lowest BCUT2D eigenvalue weighted by atomic mass is 10.1. The van der Waals surface area contributed by atoms with Crippen molar-refractivity contribution in [3.8, 4) is 0 Å². The van der Waals surface area contributed by atoms with Gasteiger partial charge in [0.15, 0.2) is 0 Å². The Bertz CT molecular complexity index is 688. The predicted octanol–water partition coefficient (Wildman–Crippen LogP) is 0.171. The number of rotatable bonds is 5. The van der Waals surface area contributed by atoms with Gasteiger partial charge in [0, 0.05) is 6.20 Å². The fourth-order valence-corrected chi connectivity index (χ4v) is 2.07. The molecular weight excluding hydrogens is 333 g/mol. The molecule has 0 aromatic carbocycles. The van der Waals surface area contributed by atoms with Crippen molar-refractivity contribution in [3.63, 3.8) is 0 Å². The van der Waals surface area contributed by atoms with Crippen LogP contribution in [-0.4, -0.2) is 46.7 Å². The van der Waals surface area contributed by atoms with E-state index >= 15 is 0 Å². The van der Waals surface area contributed by atoms with Gasteiger partial charge in [-0.15, -0.1) is 0 Å². The molecule has 0 unspecified atom stereocenters. The van der Waals surface area contributed by atoms with Crippen LogP contribution >= 0.6 is 0 Å². The van der Waals surface area contributed by atoms with E-state index in [4.69, 9.17) is 9.66 Å². The number of hydrogen-bond acceptors (Lipinski definition) is 5. The second kappa shape index (κ2) is 6.27. The molecular formula is C10H9F3N2O6S. The van der Waals surface area contributed by atoms with E-state index in [1.54, 1.807) is 5.32 Å². The van der Waals surface area contributed by atoms with Crippen LogP contribution in [0.2, 0.25) is 0 Å². The Morgan fingerprint density at radius 2 is 1.95 bits per heavy atom. The van der Waals surface area contributed by atoms with Gasteiger partial charge in [0.2, 0.25) is 0 Å². The predicted molar refractivity (Wildman–Crippen MR) is 64.5 cm³/mol. The van der Waals surface area contributed by atoms with Gasteiger partial charge in [0.05, 0.1) is 5.56 Å². The van der Waals surface area contributed by atoms with Crippen LogP contribution in [-0.2, 0) is 21.1 Å². The van der Waals surface area contributed by atoms with Crippen molar-refractivity contribution in [2.75, 3.05) is 5.75 Å². The molecule has 8 nitrogen and oxygen atoms in total. The number of aliphatic carboxylic acids is 1. The molecule has 0 aliphatic carbocycles. The molecule has 0 fully saturated rings. The average Bonchev–Trinajstić information content (AvgIpc) is 2.35. The molecule has 1 atom stereocenters. The number of nitrogens with one attached hydrogen (secondary N) is 1. The Hall–Kier alpha value is -2.21. The van der Waals surface area contributed by atoms with Crippen molar-refractivity contribution in [1.29, 1.82) is 0 Å². The molecule has 0 spiro atoms. The van der Waals surface area contributed by atoms with E-state index in [-0.39, 0.29) is 0 Å². The van der Waals surface area contributed by atoms with Crippen molar-refractivity contribution in [1.82, 2.24) is 10.3 Å². The Morgan fingerprint density at radius 3 is 2.41 bits per heavy atom. The topological polar surface area (TPSA) is 134 Å². The Morgan fingerprint density at radius 1 is 1.36 bits per heavy atom. The number of hydrogen-bond donors (Lipinski definition) is 3. The van der Waals surface area contributed by atoms with Gasteiger partial charge in [-0.25, -0.2) is 4.79 Å². The minimum absolute atomic E-state index is 0.556. The molecule has 1 amide bonds. The Kier molecular flexibility index (Phi) is 5.09. The quantitative estimate of drug-likeness (QED) is 0.649. The molecule has 0 bridgehead atoms. The minimum atomic E-state index is -4.91. The van der Waals surface area contributed by atoms with Crippen molar-refractivity contribution < 1.29 is 40.8 Å². The third kappa shape index (κ3) is 4.96. The van der Waals surface area contributed by atoms with Gasteiger partial charge in [-0.05, 0) is 12.1 Å². The number of pyridine rings is 1. The van der Waals surface area contributed by atoms with Gasteiger partial charge in [0.25, 0.3) is 16.0 Å². The van der Waals surface area contributed by atoms with Crippen molar-refractivity contribution >= 4 is 22.0 Å². The van der Waals surface area contributed by atoms with Crippen molar-refractivity contribution in [3.05, 3.63) is 29.6 Å². The van der Waals surface area contributed by atoms with Crippen LogP contribution in [0.15, 0.2) is 18.3 Å². The smallest absolute Gasteiger partial charge is 0.418 e. The molecule has 1 aromatic heterocycles. The summed E-state index contributed by atoms with van der Waals surface area (Å²) >= 11 is 0. The molecule has 0 saturated carbocycles. The van der Waals surface area contributed by atoms with Crippen molar-refractivity contribution in [2.24, 2.45) is 0 Å². The van der Waals surface area contributed by atoms with Crippen LogP contribution in [0.3, 0.4) is 0 Å². The highest BCUT2D eigenvalue weighted by Gasteiger charge is 2.37. The molecule has 0 radical (unpaired) electrons. The second-order valence-corrected chi connectivity index (χ2v) is 5.51. The van der Waals surface area contributed by atoms with Crippen LogP contribution < -0.4 is 5.32 Å². The van der Waals surface area contributed by atoms with E-state index in [0.29, 0.717) is 6.07 Å². The van der Waals surface area contributed by atoms with E-state index < -0.39 is 51.2 Å². The molecule has 122 valence electrons. The fourth-order valence-electron chi connectivity index (χ4n) is 1.43. The van der Waals surface area contributed by atoms with E-state index in [2.05, 4.69) is 4.98 Å². The van der Waals surface area contributed by atoms with E-state index in [0.717, 1.165) is 12.3 Å². The first kappa shape index (κ1) is 17.8. The normalized spacial score (nSPS) is 13.5. The van der Waals surface area contributed by atoms with E-state index in [9.17, 15) is 31.2 Å². The van der Waals surface area contributed by atoms with Crippen LogP contribution in [0.1, 0.15) is 16.1 Å². The number of nitrogens with zero attached hydrogens (tertiary/aromatic N) is 1. The van der Waals surface area contributed by atoms with Crippen LogP contribution in [0.5, 0.6) is 0 Å². The third-order valence-electron chi connectivity index (χ3n) is 2.31. The number of carbonyl (C=O) groups excluding carboxylic acids is 1. The highest BCUT2D eigenvalue weighted by atomic mass is 32.2. The number of alkyl halides is 3. The number of carbonyl (C=O) groups is 2. The number of carboxylic acid groups (broad SMARTS) is 1. The number of carboxylic acids is 1. The number of aromatic nitrogens is 1. The molecule has 1 heterocycles. The summed E-state index contributed by atoms with van der Waals surface area (Å²) in [5, 5.41) is 10.3. The Labute approximate surface area is 121 Å². The lowest BCUT2D eigenvalue weighted by Gasteiger charge is -2.15. The van der Waals surface area contributed by atoms with Crippen LogP contribution in [0, 0.1) is 0 Å². The maximum Gasteiger partial charge on any atom is 0.418 e. The molecule has 12 heteroatoms. The maximum atomic E-state index is 12.7. The van der Waals surface area contributed by atoms with Crippen LogP contribution in [0.25, 0.3) is 0 Å². The molecule has 0 aliphatic heterocycles. The summed E-state index contributed by atoms with van der Waals surface area (Å²) in [5.41, 5.74) is -2.53. The number of halogens is 3. The molecule has 1 rings (SSSR count). The first-order valence-corrected chi connectivity index (χ1v) is 7.04. The zero-order valence-corrected chi connectivity index (χ0v) is 11.3. The summed E-state index contributed by atoms with van der Waals surface area (Å²) in [6.07, 6.45) is -4.04. The summed E-state index contributed by atoms with van der Waals surface area (Å²) in [6, 6.07) is -0.655. The molecule has 22 heavy (non-hydrogen) atoms. The van der Waals surface area contributed by atoms with Gasteiger partial charge in [-0.2, -0.15) is 21.6 Å². The summed E-state index contributed by atoms with van der Waals surface area (Å²) in [5.74, 6) is -4.79. The minimum Gasteiger partial charge on any atom is -0.480 e. The first-order valence-electron chi connectivity index (χ1n) is 5.43. The Balaban J connectivity index is 3.09. The monoisotopic (exact) mass is 342 g/mol. The largest absolute Gasteiger partial charge is 0.480 e. The first-order chi connectivity index (χ1) is 9.92. The highest BCUT2D eigenvalue weighted by molar-refractivity contribution is 7.85. The van der Waals surface area contributed by atoms with Crippen molar-refractivity contribution in [2.45, 2.75) is 12.2 Å². The van der Waals surface area contributed by atoms with Gasteiger partial charge >= 0.3 is 12.1 Å². The maximum absolute atomic E-state index is 12.7.